The van der Waals surface area contributed by atoms with E-state index in [0.29, 0.717) is 72.6 Å². The van der Waals surface area contributed by atoms with Crippen molar-refractivity contribution in [2.75, 3.05) is 26.7 Å². The number of hydrogen-bond donors (Lipinski definition) is 3. The quantitative estimate of drug-likeness (QED) is 0.253. The summed E-state index contributed by atoms with van der Waals surface area (Å²) >= 11 is 6.45. The molecule has 0 spiro atoms. The minimum Gasteiger partial charge on any atom is -0.497 e. The maximum absolute atomic E-state index is 12.8. The van der Waals surface area contributed by atoms with Gasteiger partial charge in [0.1, 0.15) is 5.75 Å². The number of aliphatic hydroxyl groups is 1. The molecule has 9 heteroatoms. The van der Waals surface area contributed by atoms with Gasteiger partial charge in [-0.05, 0) is 56.0 Å². The van der Waals surface area contributed by atoms with E-state index in [9.17, 15) is 15.1 Å². The van der Waals surface area contributed by atoms with Crippen molar-refractivity contribution in [2.45, 2.75) is 31.8 Å². The Morgan fingerprint density at radius 3 is 2.81 bits per heavy atom. The summed E-state index contributed by atoms with van der Waals surface area (Å²) in [6.07, 6.45) is 5.81. The second-order valence-electron chi connectivity index (χ2n) is 9.00. The third kappa shape index (κ3) is 5.77. The number of carbonyl (C=O) groups excluding carboxylic acids is 1. The molecule has 0 unspecified atom stereocenters. The average Bonchev–Trinajstić information content (AvgIpc) is 2.92. The summed E-state index contributed by atoms with van der Waals surface area (Å²) in [5.74, 6) is 6.47. The summed E-state index contributed by atoms with van der Waals surface area (Å²) in [6, 6.07) is 9.17. The summed E-state index contributed by atoms with van der Waals surface area (Å²) in [4.78, 5) is 23.3. The van der Waals surface area contributed by atoms with E-state index in [4.69, 9.17) is 16.3 Å². The molecule has 3 N–H and O–H groups in total. The highest BCUT2D eigenvalue weighted by atomic mass is 35.5. The molecule has 0 saturated carbocycles. The van der Waals surface area contributed by atoms with Crippen molar-refractivity contribution in [2.24, 2.45) is 5.41 Å². The van der Waals surface area contributed by atoms with Crippen molar-refractivity contribution in [3.8, 4) is 17.6 Å². The molecule has 4 rings (SSSR count). The molecule has 3 heterocycles. The first kappa shape index (κ1) is 25.9. The Hall–Kier alpha value is -3.22. The molecule has 1 aliphatic heterocycles. The van der Waals surface area contributed by atoms with Crippen LogP contribution in [0.1, 0.15) is 42.9 Å². The number of aromatic nitrogens is 2. The zero-order chi connectivity index (χ0) is 25.5. The summed E-state index contributed by atoms with van der Waals surface area (Å²) in [6.45, 7) is 1.89. The number of halogens is 1. The lowest BCUT2D eigenvalue weighted by Gasteiger charge is -2.40. The zero-order valence-electron chi connectivity index (χ0n) is 20.1. The molecule has 1 fully saturated rings. The van der Waals surface area contributed by atoms with E-state index in [-0.39, 0.29) is 0 Å². The average molecular weight is 509 g/mol. The van der Waals surface area contributed by atoms with Crippen LogP contribution in [0.5, 0.6) is 5.75 Å². The lowest BCUT2D eigenvalue weighted by atomic mass is 9.73. The summed E-state index contributed by atoms with van der Waals surface area (Å²) in [7, 11) is 1.57. The lowest BCUT2D eigenvalue weighted by molar-refractivity contribution is -0.143. The second kappa shape index (κ2) is 11.7. The molecule has 1 amide bonds. The van der Waals surface area contributed by atoms with Crippen LogP contribution in [0.25, 0.3) is 10.9 Å². The number of fused-ring (bicyclic) bond motifs is 1. The first-order chi connectivity index (χ1) is 17.5. The second-order valence-corrected chi connectivity index (χ2v) is 9.41. The van der Waals surface area contributed by atoms with E-state index in [0.717, 1.165) is 5.56 Å². The third-order valence-corrected chi connectivity index (χ3v) is 7.19. The van der Waals surface area contributed by atoms with Gasteiger partial charge in [0.25, 0.3) is 0 Å². The van der Waals surface area contributed by atoms with Gasteiger partial charge in [0.15, 0.2) is 0 Å². The minimum atomic E-state index is -0.915. The number of methoxy groups -OCH3 is 1. The number of hydroxylamine groups is 1. The Morgan fingerprint density at radius 1 is 1.31 bits per heavy atom. The highest BCUT2D eigenvalue weighted by molar-refractivity contribution is 6.32. The van der Waals surface area contributed by atoms with Crippen molar-refractivity contribution >= 4 is 28.4 Å². The van der Waals surface area contributed by atoms with Gasteiger partial charge in [-0.15, -0.1) is 0 Å². The van der Waals surface area contributed by atoms with Gasteiger partial charge in [0.2, 0.25) is 5.91 Å². The SMILES string of the molecule is COc1ccc2ncc(Cl)c([C@H](O)CCC3(C(=O)NO)CCN(CC#Cc4cccnc4)CC3)c2c1. The third-order valence-electron chi connectivity index (χ3n) is 6.89. The van der Waals surface area contributed by atoms with Crippen molar-refractivity contribution in [3.63, 3.8) is 0 Å². The first-order valence-electron chi connectivity index (χ1n) is 11.8. The molecule has 1 aromatic carbocycles. The number of hydrogen-bond acceptors (Lipinski definition) is 7. The van der Waals surface area contributed by atoms with Crippen LogP contribution >= 0.6 is 11.6 Å². The number of nitrogens with one attached hydrogen (secondary N) is 1. The van der Waals surface area contributed by atoms with Gasteiger partial charge in [0.05, 0.1) is 35.7 Å². The van der Waals surface area contributed by atoms with Crippen LogP contribution in [-0.2, 0) is 4.79 Å². The molecule has 36 heavy (non-hydrogen) atoms. The maximum Gasteiger partial charge on any atom is 0.249 e. The fourth-order valence-corrected chi connectivity index (χ4v) is 5.01. The van der Waals surface area contributed by atoms with E-state index in [1.165, 1.54) is 6.20 Å². The molecule has 8 nitrogen and oxygen atoms in total. The molecular weight excluding hydrogens is 480 g/mol. The number of nitrogens with zero attached hydrogens (tertiary/aromatic N) is 3. The predicted molar refractivity (Wildman–Crippen MR) is 137 cm³/mol. The molecule has 0 aliphatic carbocycles. The number of amides is 1. The van der Waals surface area contributed by atoms with Crippen molar-refractivity contribution in [1.29, 1.82) is 0 Å². The van der Waals surface area contributed by atoms with E-state index >= 15 is 0 Å². The summed E-state index contributed by atoms with van der Waals surface area (Å²) in [5.41, 5.74) is 3.16. The standard InChI is InChI=1S/C27H29ClN4O4/c1-36-20-6-7-23-21(16-20)25(22(28)18-30-23)24(33)8-9-27(26(34)31-35)10-14-32(15-11-27)13-3-5-19-4-2-12-29-17-19/h2,4,6-7,12,16-18,24,33,35H,8-11,13-15H2,1H3,(H,31,34)/t24-/m1/s1. The number of benzene rings is 1. The number of piperidine rings is 1. The molecule has 0 radical (unpaired) electrons. The van der Waals surface area contributed by atoms with E-state index in [2.05, 4.69) is 26.7 Å². The van der Waals surface area contributed by atoms with Crippen LogP contribution in [0.2, 0.25) is 5.02 Å². The topological polar surface area (TPSA) is 108 Å². The fourth-order valence-electron chi connectivity index (χ4n) is 4.73. The van der Waals surface area contributed by atoms with Crippen LogP contribution in [0.3, 0.4) is 0 Å². The van der Waals surface area contributed by atoms with Gasteiger partial charge in [-0.25, -0.2) is 5.48 Å². The van der Waals surface area contributed by atoms with Gasteiger partial charge in [0, 0.05) is 48.2 Å². The molecule has 188 valence electrons. The zero-order valence-corrected chi connectivity index (χ0v) is 20.8. The minimum absolute atomic E-state index is 0.296. The van der Waals surface area contributed by atoms with Gasteiger partial charge >= 0.3 is 0 Å². The predicted octanol–water partition coefficient (Wildman–Crippen LogP) is 3.74. The van der Waals surface area contributed by atoms with Crippen molar-refractivity contribution in [3.05, 3.63) is 65.1 Å². The summed E-state index contributed by atoms with van der Waals surface area (Å²) < 4.78 is 5.33. The van der Waals surface area contributed by atoms with Crippen molar-refractivity contribution < 1.29 is 19.8 Å². The molecule has 2 aromatic heterocycles. The summed E-state index contributed by atoms with van der Waals surface area (Å²) in [5, 5.41) is 21.7. The molecule has 1 aliphatic rings. The van der Waals surface area contributed by atoms with Crippen LogP contribution in [0.15, 0.2) is 48.9 Å². The van der Waals surface area contributed by atoms with E-state index in [1.54, 1.807) is 31.6 Å². The van der Waals surface area contributed by atoms with E-state index < -0.39 is 17.4 Å². The van der Waals surface area contributed by atoms with Crippen molar-refractivity contribution in [1.82, 2.24) is 20.3 Å². The number of ether oxygens (including phenoxy) is 1. The Kier molecular flexibility index (Phi) is 8.39. The van der Waals surface area contributed by atoms with Crippen LogP contribution in [0.4, 0.5) is 0 Å². The van der Waals surface area contributed by atoms with Gasteiger partial charge in [-0.2, -0.15) is 0 Å². The molecule has 3 aromatic rings. The first-order valence-corrected chi connectivity index (χ1v) is 12.2. The molecule has 1 atom stereocenters. The Labute approximate surface area is 215 Å². The van der Waals surface area contributed by atoms with E-state index in [1.807, 2.05) is 23.7 Å². The van der Waals surface area contributed by atoms with Crippen LogP contribution in [-0.4, -0.2) is 57.8 Å². The normalized spacial score (nSPS) is 16.1. The number of likely N-dealkylation sites (tertiary alicyclic amines) is 1. The fraction of sp³-hybridized carbons (Fsp3) is 0.370. The molecule has 1 saturated heterocycles. The van der Waals surface area contributed by atoms with Crippen LogP contribution < -0.4 is 10.2 Å². The number of aliphatic hydroxyl groups excluding tert-OH is 1. The van der Waals surface area contributed by atoms with Gasteiger partial charge in [-0.3, -0.25) is 24.9 Å². The van der Waals surface area contributed by atoms with Gasteiger partial charge < -0.3 is 9.84 Å². The smallest absolute Gasteiger partial charge is 0.249 e. The molecule has 0 bridgehead atoms. The Morgan fingerprint density at radius 2 is 2.11 bits per heavy atom. The van der Waals surface area contributed by atoms with Crippen LogP contribution in [0, 0.1) is 17.3 Å². The maximum atomic E-state index is 12.8. The monoisotopic (exact) mass is 508 g/mol. The Balaban J connectivity index is 1.45. The number of carbonyl (C=O) groups is 1. The largest absolute Gasteiger partial charge is 0.497 e. The Bertz CT molecular complexity index is 1270. The lowest BCUT2D eigenvalue weighted by Crippen LogP contribution is -2.48. The number of pyridine rings is 2. The highest BCUT2D eigenvalue weighted by Gasteiger charge is 2.41. The van der Waals surface area contributed by atoms with Gasteiger partial charge in [-0.1, -0.05) is 23.4 Å². The highest BCUT2D eigenvalue weighted by Crippen LogP contribution is 2.41. The number of rotatable bonds is 7. The molecular formula is C27H29ClN4O4.